The van der Waals surface area contributed by atoms with E-state index < -0.39 is 21.7 Å². The van der Waals surface area contributed by atoms with Gasteiger partial charge in [-0.05, 0) is 31.2 Å². The van der Waals surface area contributed by atoms with Crippen LogP contribution in [0.4, 0.5) is 14.5 Å². The van der Waals surface area contributed by atoms with Gasteiger partial charge in [0, 0.05) is 30.3 Å². The minimum Gasteiger partial charge on any atom is -0.345 e. The molecule has 0 aliphatic heterocycles. The molecule has 5 nitrogen and oxygen atoms in total. The highest BCUT2D eigenvalue weighted by Gasteiger charge is 2.18. The zero-order valence-electron chi connectivity index (χ0n) is 16.2. The Morgan fingerprint density at radius 3 is 2.17 bits per heavy atom. The van der Waals surface area contributed by atoms with Gasteiger partial charge in [0.05, 0.1) is 17.6 Å². The van der Waals surface area contributed by atoms with E-state index in [1.165, 1.54) is 0 Å². The predicted octanol–water partition coefficient (Wildman–Crippen LogP) is 3.81. The highest BCUT2D eigenvalue weighted by molar-refractivity contribution is 7.92. The van der Waals surface area contributed by atoms with Gasteiger partial charge in [0.2, 0.25) is 15.8 Å². The van der Waals surface area contributed by atoms with Crippen molar-refractivity contribution in [2.45, 2.75) is 13.3 Å². The summed E-state index contributed by atoms with van der Waals surface area (Å²) in [7, 11) is -1.99. The summed E-state index contributed by atoms with van der Waals surface area (Å²) in [4.78, 5) is 12.7. The van der Waals surface area contributed by atoms with Gasteiger partial charge < -0.3 is 4.57 Å². The highest BCUT2D eigenvalue weighted by Crippen LogP contribution is 2.24. The third kappa shape index (κ3) is 4.71. The van der Waals surface area contributed by atoms with E-state index in [9.17, 15) is 22.0 Å². The molecule has 1 aromatic heterocycles. The number of nitrogens with one attached hydrogen (secondary N) is 1. The monoisotopic (exact) mass is 418 g/mol. The summed E-state index contributed by atoms with van der Waals surface area (Å²) in [5.74, 6) is -1.93. The predicted molar refractivity (Wildman–Crippen MR) is 108 cm³/mol. The number of carbonyl (C=O) groups excluding carboxylic acids is 1. The quantitative estimate of drug-likeness (QED) is 0.619. The molecule has 2 aromatic carbocycles. The second-order valence-corrected chi connectivity index (χ2v) is 8.68. The van der Waals surface area contributed by atoms with Crippen LogP contribution in [0.25, 0.3) is 0 Å². The number of sulfonamides is 1. The Labute approximate surface area is 168 Å². The maximum absolute atomic E-state index is 14.4. The van der Waals surface area contributed by atoms with Crippen molar-refractivity contribution in [3.63, 3.8) is 0 Å². The van der Waals surface area contributed by atoms with Gasteiger partial charge in [-0.3, -0.25) is 9.52 Å². The molecular weight excluding hydrogens is 398 g/mol. The smallest absolute Gasteiger partial charge is 0.229 e. The Morgan fingerprint density at radius 2 is 1.62 bits per heavy atom. The van der Waals surface area contributed by atoms with Crippen molar-refractivity contribution in [2.24, 2.45) is 7.05 Å². The van der Waals surface area contributed by atoms with Gasteiger partial charge in [0.15, 0.2) is 0 Å². The molecule has 0 amide bonds. The number of aromatic nitrogens is 1. The Bertz CT molecular complexity index is 1160. The zero-order valence-corrected chi connectivity index (χ0v) is 17.0. The van der Waals surface area contributed by atoms with Crippen LogP contribution in [0.5, 0.6) is 0 Å². The molecule has 1 heterocycles. The first kappa shape index (κ1) is 20.7. The summed E-state index contributed by atoms with van der Waals surface area (Å²) in [6, 6.07) is 12.3. The fourth-order valence-electron chi connectivity index (χ4n) is 3.04. The second kappa shape index (κ2) is 7.79. The summed E-state index contributed by atoms with van der Waals surface area (Å²) >= 11 is 0. The number of nitrogens with zero attached hydrogens (tertiary/aromatic N) is 1. The van der Waals surface area contributed by atoms with Gasteiger partial charge in [0.1, 0.15) is 11.6 Å². The maximum Gasteiger partial charge on any atom is 0.229 e. The molecular formula is C21H20F2N2O3S. The molecule has 0 fully saturated rings. The van der Waals surface area contributed by atoms with Crippen LogP contribution in [-0.4, -0.2) is 25.0 Å². The first-order chi connectivity index (χ1) is 13.5. The first-order valence-corrected chi connectivity index (χ1v) is 10.7. The number of aryl methyl sites for hydroxylation is 1. The summed E-state index contributed by atoms with van der Waals surface area (Å²) in [5, 5.41) is 0. The number of rotatable bonds is 6. The Kier molecular flexibility index (Phi) is 5.57. The van der Waals surface area contributed by atoms with E-state index in [-0.39, 0.29) is 23.5 Å². The van der Waals surface area contributed by atoms with E-state index in [1.54, 1.807) is 35.9 Å². The lowest BCUT2D eigenvalue weighted by atomic mass is 10.1. The molecule has 0 saturated carbocycles. The maximum atomic E-state index is 14.4. The number of ketones is 1. The summed E-state index contributed by atoms with van der Waals surface area (Å²) in [6.07, 6.45) is 0.807. The van der Waals surface area contributed by atoms with Crippen LogP contribution >= 0.6 is 0 Å². The number of hydrogen-bond acceptors (Lipinski definition) is 3. The average Bonchev–Trinajstić information content (AvgIpc) is 2.97. The van der Waals surface area contributed by atoms with Crippen molar-refractivity contribution in [1.29, 1.82) is 0 Å². The van der Waals surface area contributed by atoms with Crippen LogP contribution in [0.3, 0.4) is 0 Å². The molecule has 0 atom stereocenters. The van der Waals surface area contributed by atoms with Gasteiger partial charge in [-0.15, -0.1) is 0 Å². The van der Waals surface area contributed by atoms with E-state index in [0.29, 0.717) is 17.0 Å². The molecule has 1 N–H and O–H groups in total. The number of halogens is 2. The van der Waals surface area contributed by atoms with Crippen molar-refractivity contribution >= 4 is 21.5 Å². The van der Waals surface area contributed by atoms with Crippen LogP contribution in [0.2, 0.25) is 0 Å². The molecule has 0 spiro atoms. The van der Waals surface area contributed by atoms with Gasteiger partial charge in [-0.1, -0.05) is 29.8 Å². The molecule has 0 radical (unpaired) electrons. The Balaban J connectivity index is 1.88. The van der Waals surface area contributed by atoms with E-state index in [1.807, 2.05) is 23.8 Å². The normalized spacial score (nSPS) is 11.5. The minimum absolute atomic E-state index is 0.0888. The molecule has 152 valence electrons. The molecule has 3 aromatic rings. The van der Waals surface area contributed by atoms with Crippen molar-refractivity contribution in [3.8, 4) is 0 Å². The van der Waals surface area contributed by atoms with E-state index in [2.05, 4.69) is 0 Å². The fraction of sp³-hybridized carbons (Fsp3) is 0.190. The summed E-state index contributed by atoms with van der Waals surface area (Å²) in [6.45, 7) is 1.93. The van der Waals surface area contributed by atoms with E-state index in [4.69, 9.17) is 0 Å². The third-order valence-electron chi connectivity index (χ3n) is 4.57. The van der Waals surface area contributed by atoms with Crippen LogP contribution in [0.1, 0.15) is 32.9 Å². The third-order valence-corrected chi connectivity index (χ3v) is 5.18. The summed E-state index contributed by atoms with van der Waals surface area (Å²) < 4.78 is 55.0. The number of hydrogen-bond donors (Lipinski definition) is 1. The lowest BCUT2D eigenvalue weighted by Crippen LogP contribution is -2.12. The van der Waals surface area contributed by atoms with Crippen molar-refractivity contribution in [2.75, 3.05) is 11.0 Å². The van der Waals surface area contributed by atoms with Crippen LogP contribution in [0.15, 0.2) is 48.5 Å². The van der Waals surface area contributed by atoms with Gasteiger partial charge in [-0.2, -0.15) is 0 Å². The number of anilines is 1. The lowest BCUT2D eigenvalue weighted by Gasteiger charge is -2.11. The molecule has 0 bridgehead atoms. The van der Waals surface area contributed by atoms with E-state index in [0.717, 1.165) is 24.0 Å². The Morgan fingerprint density at radius 1 is 1.03 bits per heavy atom. The zero-order chi connectivity index (χ0) is 21.3. The number of benzene rings is 2. The van der Waals surface area contributed by atoms with E-state index >= 15 is 0 Å². The molecule has 0 aliphatic rings. The standard InChI is InChI=1S/C21H20F2N2O3S/c1-13-4-6-14(7-5-13)21(26)20-9-8-16(25(20)2)12-17-18(22)10-15(11-19(17)23)24-29(3,27)28/h4-11,24H,12H2,1-3H3. The average molecular weight is 418 g/mol. The summed E-state index contributed by atoms with van der Waals surface area (Å²) in [5.41, 5.74) is 2.11. The first-order valence-electron chi connectivity index (χ1n) is 8.77. The highest BCUT2D eigenvalue weighted by atomic mass is 32.2. The van der Waals surface area contributed by atoms with Crippen molar-refractivity contribution in [1.82, 2.24) is 4.57 Å². The van der Waals surface area contributed by atoms with Crippen LogP contribution in [-0.2, 0) is 23.5 Å². The van der Waals surface area contributed by atoms with Crippen molar-refractivity contribution in [3.05, 3.63) is 88.2 Å². The Hall–Kier alpha value is -3.00. The largest absolute Gasteiger partial charge is 0.345 e. The SMILES string of the molecule is Cc1ccc(C(=O)c2ccc(Cc3c(F)cc(NS(C)(=O)=O)cc3F)n2C)cc1. The van der Waals surface area contributed by atoms with Crippen molar-refractivity contribution < 1.29 is 22.0 Å². The topological polar surface area (TPSA) is 68.2 Å². The van der Waals surface area contributed by atoms with Gasteiger partial charge >= 0.3 is 0 Å². The molecule has 8 heteroatoms. The molecule has 0 aliphatic carbocycles. The minimum atomic E-state index is -3.65. The number of carbonyl (C=O) groups is 1. The fourth-order valence-corrected chi connectivity index (χ4v) is 3.58. The van der Waals surface area contributed by atoms with Gasteiger partial charge in [0.25, 0.3) is 0 Å². The van der Waals surface area contributed by atoms with Gasteiger partial charge in [-0.25, -0.2) is 17.2 Å². The molecule has 3 rings (SSSR count). The molecule has 0 unspecified atom stereocenters. The van der Waals surface area contributed by atoms with Crippen LogP contribution < -0.4 is 4.72 Å². The van der Waals surface area contributed by atoms with Crippen LogP contribution in [0, 0.1) is 18.6 Å². The molecule has 29 heavy (non-hydrogen) atoms. The second-order valence-electron chi connectivity index (χ2n) is 6.93. The lowest BCUT2D eigenvalue weighted by molar-refractivity contribution is 0.103. The molecule has 0 saturated heterocycles.